The van der Waals surface area contributed by atoms with Gasteiger partial charge < -0.3 is 20.1 Å². The molecule has 1 rings (SSSR count). The third kappa shape index (κ3) is 6.01. The normalized spacial score (nSPS) is 20.9. The van der Waals surface area contributed by atoms with Crippen molar-refractivity contribution in [1.29, 1.82) is 0 Å². The summed E-state index contributed by atoms with van der Waals surface area (Å²) in [6.07, 6.45) is 2.30. The zero-order chi connectivity index (χ0) is 16.5. The van der Waals surface area contributed by atoms with E-state index in [1.807, 2.05) is 6.92 Å². The van der Waals surface area contributed by atoms with Gasteiger partial charge in [0, 0.05) is 39.1 Å². The number of amides is 2. The third-order valence-electron chi connectivity index (χ3n) is 3.81. The average Bonchev–Trinajstić information content (AvgIpc) is 2.87. The lowest BCUT2D eigenvalue weighted by molar-refractivity contribution is -0.139. The number of carboxylic acids is 1. The number of nitrogens with one attached hydrogen (secondary N) is 1. The Morgan fingerprint density at radius 1 is 1.32 bits per heavy atom. The third-order valence-corrected chi connectivity index (χ3v) is 3.81. The van der Waals surface area contributed by atoms with Crippen molar-refractivity contribution in [2.24, 2.45) is 0 Å². The largest absolute Gasteiger partial charge is 0.481 e. The number of ether oxygens (including phenoxy) is 1. The van der Waals surface area contributed by atoms with Gasteiger partial charge in [-0.2, -0.15) is 0 Å². The molecule has 126 valence electrons. The summed E-state index contributed by atoms with van der Waals surface area (Å²) in [5.74, 6) is -1.07. The number of likely N-dealkylation sites (tertiary alicyclic amines) is 1. The lowest BCUT2D eigenvalue weighted by Crippen LogP contribution is -2.37. The van der Waals surface area contributed by atoms with Crippen LogP contribution < -0.4 is 5.32 Å². The Balaban J connectivity index is 2.41. The van der Waals surface area contributed by atoms with Gasteiger partial charge in [0.2, 0.25) is 11.8 Å². The highest BCUT2D eigenvalue weighted by atomic mass is 16.5. The summed E-state index contributed by atoms with van der Waals surface area (Å²) in [6.45, 7) is 3.05. The Hall–Kier alpha value is -1.63. The summed E-state index contributed by atoms with van der Waals surface area (Å²) in [5, 5.41) is 11.7. The Labute approximate surface area is 131 Å². The molecule has 0 aromatic carbocycles. The molecule has 0 saturated carbocycles. The molecule has 1 heterocycles. The maximum absolute atomic E-state index is 12.2. The summed E-state index contributed by atoms with van der Waals surface area (Å²) in [4.78, 5) is 36.2. The van der Waals surface area contributed by atoms with Crippen molar-refractivity contribution in [1.82, 2.24) is 10.2 Å². The van der Waals surface area contributed by atoms with Gasteiger partial charge in [0.05, 0.1) is 12.5 Å². The Morgan fingerprint density at radius 3 is 2.64 bits per heavy atom. The van der Waals surface area contributed by atoms with Crippen molar-refractivity contribution in [3.8, 4) is 0 Å². The van der Waals surface area contributed by atoms with Crippen LogP contribution in [0.3, 0.4) is 0 Å². The summed E-state index contributed by atoms with van der Waals surface area (Å²) in [7, 11) is 1.56. The number of nitrogens with zero attached hydrogens (tertiary/aromatic N) is 1. The Morgan fingerprint density at radius 2 is 2.05 bits per heavy atom. The van der Waals surface area contributed by atoms with E-state index in [-0.39, 0.29) is 36.8 Å². The van der Waals surface area contributed by atoms with Crippen molar-refractivity contribution in [3.05, 3.63) is 0 Å². The molecule has 0 aliphatic carbocycles. The average molecular weight is 314 g/mol. The standard InChI is InChI=1S/C15H26N2O5/c1-3-7-16-13(18)5-4-6-14(19)17-10-12(22-2)8-11(17)9-15(20)21/h11-12H,3-10H2,1-2H3,(H,16,18)(H,20,21). The van der Waals surface area contributed by atoms with Gasteiger partial charge in [-0.05, 0) is 19.3 Å². The molecule has 0 aromatic rings. The van der Waals surface area contributed by atoms with Crippen LogP contribution in [0.5, 0.6) is 0 Å². The van der Waals surface area contributed by atoms with Crippen molar-refractivity contribution in [2.75, 3.05) is 20.2 Å². The van der Waals surface area contributed by atoms with Crippen LogP contribution in [-0.4, -0.2) is 60.1 Å². The van der Waals surface area contributed by atoms with Crippen LogP contribution in [0.1, 0.15) is 45.4 Å². The lowest BCUT2D eigenvalue weighted by Gasteiger charge is -2.23. The number of carbonyl (C=O) groups is 3. The number of aliphatic carboxylic acids is 1. The maximum Gasteiger partial charge on any atom is 0.305 e. The minimum absolute atomic E-state index is 0.0482. The van der Waals surface area contributed by atoms with E-state index in [1.54, 1.807) is 12.0 Å². The Bertz CT molecular complexity index is 399. The summed E-state index contributed by atoms with van der Waals surface area (Å²) >= 11 is 0. The molecule has 2 atom stereocenters. The minimum Gasteiger partial charge on any atom is -0.481 e. The van der Waals surface area contributed by atoms with Crippen LogP contribution in [0.15, 0.2) is 0 Å². The van der Waals surface area contributed by atoms with Gasteiger partial charge in [-0.1, -0.05) is 6.92 Å². The van der Waals surface area contributed by atoms with Crippen molar-refractivity contribution < 1.29 is 24.2 Å². The highest BCUT2D eigenvalue weighted by Crippen LogP contribution is 2.23. The molecule has 7 heteroatoms. The molecule has 7 nitrogen and oxygen atoms in total. The van der Waals surface area contributed by atoms with Crippen LogP contribution in [-0.2, 0) is 19.1 Å². The number of hydrogen-bond acceptors (Lipinski definition) is 4. The first-order valence-corrected chi connectivity index (χ1v) is 7.78. The summed E-state index contributed by atoms with van der Waals surface area (Å²) < 4.78 is 5.24. The highest BCUT2D eigenvalue weighted by Gasteiger charge is 2.36. The fourth-order valence-electron chi connectivity index (χ4n) is 2.64. The van der Waals surface area contributed by atoms with Crippen LogP contribution >= 0.6 is 0 Å². The number of rotatable bonds is 9. The van der Waals surface area contributed by atoms with E-state index < -0.39 is 5.97 Å². The topological polar surface area (TPSA) is 95.9 Å². The summed E-state index contributed by atoms with van der Waals surface area (Å²) in [5.41, 5.74) is 0. The molecule has 1 aliphatic heterocycles. The second kappa shape index (κ2) is 9.40. The number of methoxy groups -OCH3 is 1. The molecule has 22 heavy (non-hydrogen) atoms. The Kier molecular flexibility index (Phi) is 7.87. The van der Waals surface area contributed by atoms with Crippen molar-refractivity contribution in [3.63, 3.8) is 0 Å². The van der Waals surface area contributed by atoms with Gasteiger partial charge in [0.1, 0.15) is 0 Å². The molecule has 1 fully saturated rings. The van der Waals surface area contributed by atoms with Crippen LogP contribution in [0.25, 0.3) is 0 Å². The molecule has 1 saturated heterocycles. The monoisotopic (exact) mass is 314 g/mol. The number of hydrogen-bond donors (Lipinski definition) is 2. The molecular formula is C15H26N2O5. The number of carbonyl (C=O) groups excluding carboxylic acids is 2. The predicted molar refractivity (Wildman–Crippen MR) is 80.3 cm³/mol. The first kappa shape index (κ1) is 18.4. The predicted octanol–water partition coefficient (Wildman–Crippen LogP) is 0.774. The molecule has 0 aromatic heterocycles. The van der Waals surface area contributed by atoms with E-state index in [1.165, 1.54) is 0 Å². The molecule has 1 aliphatic rings. The lowest BCUT2D eigenvalue weighted by atomic mass is 10.1. The zero-order valence-corrected chi connectivity index (χ0v) is 13.3. The van der Waals surface area contributed by atoms with Crippen LogP contribution in [0.4, 0.5) is 0 Å². The molecule has 0 bridgehead atoms. The van der Waals surface area contributed by atoms with E-state index >= 15 is 0 Å². The second-order valence-corrected chi connectivity index (χ2v) is 5.59. The van der Waals surface area contributed by atoms with Gasteiger partial charge >= 0.3 is 5.97 Å². The maximum atomic E-state index is 12.2. The van der Waals surface area contributed by atoms with E-state index in [0.29, 0.717) is 32.4 Å². The second-order valence-electron chi connectivity index (χ2n) is 5.59. The highest BCUT2D eigenvalue weighted by molar-refractivity contribution is 5.80. The molecular weight excluding hydrogens is 288 g/mol. The van der Waals surface area contributed by atoms with E-state index in [0.717, 1.165) is 6.42 Å². The minimum atomic E-state index is -0.918. The van der Waals surface area contributed by atoms with Crippen LogP contribution in [0, 0.1) is 0 Å². The SMILES string of the molecule is CCCNC(=O)CCCC(=O)N1CC(OC)CC1CC(=O)O. The molecule has 2 amide bonds. The summed E-state index contributed by atoms with van der Waals surface area (Å²) in [6, 6.07) is -0.316. The van der Waals surface area contributed by atoms with Crippen molar-refractivity contribution >= 4 is 17.8 Å². The van der Waals surface area contributed by atoms with Gasteiger partial charge in [-0.3, -0.25) is 14.4 Å². The quantitative estimate of drug-likeness (QED) is 0.655. The van der Waals surface area contributed by atoms with Gasteiger partial charge in [-0.25, -0.2) is 0 Å². The molecule has 2 unspecified atom stereocenters. The van der Waals surface area contributed by atoms with Gasteiger partial charge in [0.25, 0.3) is 0 Å². The first-order valence-electron chi connectivity index (χ1n) is 7.78. The van der Waals surface area contributed by atoms with Gasteiger partial charge in [0.15, 0.2) is 0 Å². The van der Waals surface area contributed by atoms with Crippen molar-refractivity contribution in [2.45, 2.75) is 57.6 Å². The fraction of sp³-hybridized carbons (Fsp3) is 0.800. The number of carboxylic acid groups (broad SMARTS) is 1. The van der Waals surface area contributed by atoms with E-state index in [4.69, 9.17) is 9.84 Å². The fourth-order valence-corrected chi connectivity index (χ4v) is 2.64. The molecule has 0 radical (unpaired) electrons. The van der Waals surface area contributed by atoms with E-state index in [2.05, 4.69) is 5.32 Å². The first-order chi connectivity index (χ1) is 10.5. The van der Waals surface area contributed by atoms with Gasteiger partial charge in [-0.15, -0.1) is 0 Å². The van der Waals surface area contributed by atoms with Crippen LogP contribution in [0.2, 0.25) is 0 Å². The zero-order valence-electron chi connectivity index (χ0n) is 13.3. The van der Waals surface area contributed by atoms with E-state index in [9.17, 15) is 14.4 Å². The smallest absolute Gasteiger partial charge is 0.305 e. The molecule has 0 spiro atoms. The molecule has 2 N–H and O–H groups in total.